The Balaban J connectivity index is 2.20. The zero-order valence-electron chi connectivity index (χ0n) is 12.8. The van der Waals surface area contributed by atoms with Gasteiger partial charge in [-0.15, -0.1) is 10.2 Å². The highest BCUT2D eigenvalue weighted by Crippen LogP contribution is 2.29. The molecule has 5 nitrogen and oxygen atoms in total. The molecular weight excluding hydrogens is 268 g/mol. The third-order valence-electron chi connectivity index (χ3n) is 3.78. The van der Waals surface area contributed by atoms with Gasteiger partial charge in [-0.05, 0) is 29.5 Å². The van der Waals surface area contributed by atoms with Crippen LogP contribution >= 0.6 is 0 Å². The minimum atomic E-state index is -0.974. The van der Waals surface area contributed by atoms with E-state index >= 15 is 0 Å². The van der Waals surface area contributed by atoms with E-state index in [4.69, 9.17) is 9.52 Å². The van der Waals surface area contributed by atoms with Crippen molar-refractivity contribution in [3.05, 3.63) is 35.7 Å². The van der Waals surface area contributed by atoms with Crippen molar-refractivity contribution in [1.29, 1.82) is 0 Å². The standard InChI is InChI=1S/C16H20N2O3/c1-10(16(2,3)4)8-13-17-18-14(21-13)11-6-5-7-12(9-11)15(19)20/h5-7,9-10H,8H2,1-4H3,(H,19,20). The molecule has 0 saturated carbocycles. The summed E-state index contributed by atoms with van der Waals surface area (Å²) in [6.45, 7) is 8.66. The molecule has 1 aromatic heterocycles. The van der Waals surface area contributed by atoms with Gasteiger partial charge in [-0.2, -0.15) is 0 Å². The first-order chi connectivity index (χ1) is 9.77. The first kappa shape index (κ1) is 15.2. The molecule has 0 saturated heterocycles. The van der Waals surface area contributed by atoms with Crippen molar-refractivity contribution >= 4 is 5.97 Å². The van der Waals surface area contributed by atoms with E-state index in [1.165, 1.54) is 12.1 Å². The van der Waals surface area contributed by atoms with Crippen molar-refractivity contribution < 1.29 is 14.3 Å². The van der Waals surface area contributed by atoms with Crippen LogP contribution in [0.4, 0.5) is 0 Å². The molecule has 0 bridgehead atoms. The van der Waals surface area contributed by atoms with Crippen LogP contribution in [0.1, 0.15) is 43.9 Å². The molecule has 1 aromatic carbocycles. The van der Waals surface area contributed by atoms with Crippen LogP contribution in [-0.4, -0.2) is 21.3 Å². The number of rotatable bonds is 4. The van der Waals surface area contributed by atoms with Gasteiger partial charge in [0, 0.05) is 12.0 Å². The lowest BCUT2D eigenvalue weighted by Gasteiger charge is -2.25. The highest BCUT2D eigenvalue weighted by atomic mass is 16.4. The number of nitrogens with zero attached hydrogens (tertiary/aromatic N) is 2. The zero-order valence-corrected chi connectivity index (χ0v) is 12.8. The summed E-state index contributed by atoms with van der Waals surface area (Å²) in [5, 5.41) is 17.1. The van der Waals surface area contributed by atoms with Gasteiger partial charge in [-0.1, -0.05) is 33.8 Å². The van der Waals surface area contributed by atoms with Gasteiger partial charge in [-0.25, -0.2) is 4.79 Å². The quantitative estimate of drug-likeness (QED) is 0.929. The number of carbonyl (C=O) groups is 1. The second kappa shape index (κ2) is 5.68. The molecule has 0 aliphatic heterocycles. The molecule has 0 amide bonds. The van der Waals surface area contributed by atoms with E-state index in [2.05, 4.69) is 37.9 Å². The lowest BCUT2D eigenvalue weighted by atomic mass is 9.80. The normalized spacial score (nSPS) is 13.1. The fraction of sp³-hybridized carbons (Fsp3) is 0.438. The number of hydrogen-bond donors (Lipinski definition) is 1. The molecule has 0 aliphatic rings. The fourth-order valence-corrected chi connectivity index (χ4v) is 1.81. The first-order valence-electron chi connectivity index (χ1n) is 6.93. The van der Waals surface area contributed by atoms with Crippen molar-refractivity contribution in [3.8, 4) is 11.5 Å². The average Bonchev–Trinajstić information content (AvgIpc) is 2.86. The molecule has 0 fully saturated rings. The molecule has 21 heavy (non-hydrogen) atoms. The summed E-state index contributed by atoms with van der Waals surface area (Å²) in [5.74, 6) is 0.358. The molecule has 112 valence electrons. The Labute approximate surface area is 124 Å². The Morgan fingerprint density at radius 1 is 1.33 bits per heavy atom. The van der Waals surface area contributed by atoms with Crippen molar-refractivity contribution in [3.63, 3.8) is 0 Å². The van der Waals surface area contributed by atoms with Crippen LogP contribution < -0.4 is 0 Å². The van der Waals surface area contributed by atoms with Crippen molar-refractivity contribution in [1.82, 2.24) is 10.2 Å². The summed E-state index contributed by atoms with van der Waals surface area (Å²) < 4.78 is 5.66. The van der Waals surface area contributed by atoms with E-state index in [-0.39, 0.29) is 11.0 Å². The maximum Gasteiger partial charge on any atom is 0.335 e. The molecule has 5 heteroatoms. The summed E-state index contributed by atoms with van der Waals surface area (Å²) in [5.41, 5.74) is 0.991. The Hall–Kier alpha value is -2.17. The number of aromatic carboxylic acids is 1. The van der Waals surface area contributed by atoms with Crippen LogP contribution in [-0.2, 0) is 6.42 Å². The predicted molar refractivity (Wildman–Crippen MR) is 79.0 cm³/mol. The molecule has 0 aliphatic carbocycles. The molecule has 1 heterocycles. The Morgan fingerprint density at radius 3 is 2.67 bits per heavy atom. The summed E-state index contributed by atoms with van der Waals surface area (Å²) in [6.07, 6.45) is 0.703. The average molecular weight is 288 g/mol. The minimum absolute atomic E-state index is 0.165. The third-order valence-corrected chi connectivity index (χ3v) is 3.78. The minimum Gasteiger partial charge on any atom is -0.478 e. The zero-order chi connectivity index (χ0) is 15.6. The molecule has 0 radical (unpaired) electrons. The predicted octanol–water partition coefficient (Wildman–Crippen LogP) is 3.66. The van der Waals surface area contributed by atoms with Crippen LogP contribution in [0.5, 0.6) is 0 Å². The van der Waals surface area contributed by atoms with E-state index in [0.29, 0.717) is 29.7 Å². The van der Waals surface area contributed by atoms with E-state index in [0.717, 1.165) is 0 Å². The van der Waals surface area contributed by atoms with Gasteiger partial charge >= 0.3 is 5.97 Å². The van der Waals surface area contributed by atoms with E-state index < -0.39 is 5.97 Å². The van der Waals surface area contributed by atoms with Gasteiger partial charge in [0.05, 0.1) is 5.56 Å². The van der Waals surface area contributed by atoms with Crippen LogP contribution in [0.15, 0.2) is 28.7 Å². The smallest absolute Gasteiger partial charge is 0.335 e. The largest absolute Gasteiger partial charge is 0.478 e. The molecular formula is C16H20N2O3. The maximum absolute atomic E-state index is 11.0. The first-order valence-corrected chi connectivity index (χ1v) is 6.93. The monoisotopic (exact) mass is 288 g/mol. The highest BCUT2D eigenvalue weighted by molar-refractivity contribution is 5.88. The van der Waals surface area contributed by atoms with Gasteiger partial charge < -0.3 is 9.52 Å². The summed E-state index contributed by atoms with van der Waals surface area (Å²) in [7, 11) is 0. The number of carboxylic acid groups (broad SMARTS) is 1. The fourth-order valence-electron chi connectivity index (χ4n) is 1.81. The van der Waals surface area contributed by atoms with Gasteiger partial charge in [0.25, 0.3) is 0 Å². The van der Waals surface area contributed by atoms with E-state index in [1.807, 2.05) is 0 Å². The Kier molecular flexibility index (Phi) is 4.11. The second-order valence-corrected chi connectivity index (χ2v) is 6.36. The molecule has 1 atom stereocenters. The molecule has 2 aromatic rings. The van der Waals surface area contributed by atoms with Crippen molar-refractivity contribution in [2.75, 3.05) is 0 Å². The van der Waals surface area contributed by atoms with Crippen LogP contribution in [0.2, 0.25) is 0 Å². The lowest BCUT2D eigenvalue weighted by molar-refractivity contribution is 0.0697. The molecule has 2 rings (SSSR count). The molecule has 0 spiro atoms. The Morgan fingerprint density at radius 2 is 2.05 bits per heavy atom. The van der Waals surface area contributed by atoms with Crippen LogP contribution in [0.25, 0.3) is 11.5 Å². The summed E-state index contributed by atoms with van der Waals surface area (Å²) in [4.78, 5) is 11.0. The topological polar surface area (TPSA) is 76.2 Å². The Bertz CT molecular complexity index is 641. The summed E-state index contributed by atoms with van der Waals surface area (Å²) in [6, 6.07) is 6.50. The maximum atomic E-state index is 11.0. The van der Waals surface area contributed by atoms with Crippen LogP contribution in [0, 0.1) is 11.3 Å². The second-order valence-electron chi connectivity index (χ2n) is 6.36. The third kappa shape index (κ3) is 3.68. The highest BCUT2D eigenvalue weighted by Gasteiger charge is 2.22. The van der Waals surface area contributed by atoms with Crippen LogP contribution in [0.3, 0.4) is 0 Å². The number of hydrogen-bond acceptors (Lipinski definition) is 4. The number of benzene rings is 1. The van der Waals surface area contributed by atoms with Gasteiger partial charge in [-0.3, -0.25) is 0 Å². The van der Waals surface area contributed by atoms with Crippen molar-refractivity contribution in [2.24, 2.45) is 11.3 Å². The number of aromatic nitrogens is 2. The van der Waals surface area contributed by atoms with E-state index in [1.54, 1.807) is 12.1 Å². The molecule has 1 N–H and O–H groups in total. The SMILES string of the molecule is CC(Cc1nnc(-c2cccc(C(=O)O)c2)o1)C(C)(C)C. The van der Waals surface area contributed by atoms with Gasteiger partial charge in [0.15, 0.2) is 0 Å². The van der Waals surface area contributed by atoms with Crippen molar-refractivity contribution in [2.45, 2.75) is 34.1 Å². The van der Waals surface area contributed by atoms with Gasteiger partial charge in [0.1, 0.15) is 0 Å². The molecule has 1 unspecified atom stereocenters. The number of carboxylic acids is 1. The van der Waals surface area contributed by atoms with Gasteiger partial charge in [0.2, 0.25) is 11.8 Å². The summed E-state index contributed by atoms with van der Waals surface area (Å²) >= 11 is 0. The van der Waals surface area contributed by atoms with E-state index in [9.17, 15) is 4.79 Å². The lowest BCUT2D eigenvalue weighted by Crippen LogP contribution is -2.19.